The summed E-state index contributed by atoms with van der Waals surface area (Å²) >= 11 is 0. The summed E-state index contributed by atoms with van der Waals surface area (Å²) in [5.74, 6) is 0.193. The predicted octanol–water partition coefficient (Wildman–Crippen LogP) is 1.71. The highest BCUT2D eigenvalue weighted by atomic mass is 16.5. The van der Waals surface area contributed by atoms with Crippen molar-refractivity contribution in [2.75, 3.05) is 6.54 Å². The molecule has 0 aliphatic carbocycles. The second kappa shape index (κ2) is 6.91. The van der Waals surface area contributed by atoms with E-state index in [1.165, 1.54) is 12.4 Å². The molecule has 0 atom stereocenters. The second-order valence-electron chi connectivity index (χ2n) is 5.24. The van der Waals surface area contributed by atoms with Gasteiger partial charge in [0.05, 0.1) is 6.33 Å². The number of hydrogen-bond donors (Lipinski definition) is 2. The Morgan fingerprint density at radius 3 is 2.83 bits per heavy atom. The van der Waals surface area contributed by atoms with Crippen molar-refractivity contribution < 1.29 is 9.32 Å². The number of aryl methyl sites for hydroxylation is 1. The molecular formula is C17H16N4O3. The third kappa shape index (κ3) is 3.40. The molecule has 0 unspecified atom stereocenters. The van der Waals surface area contributed by atoms with Gasteiger partial charge in [-0.15, -0.1) is 0 Å². The van der Waals surface area contributed by atoms with Crippen LogP contribution in [0.2, 0.25) is 0 Å². The smallest absolute Gasteiger partial charge is 0.257 e. The first-order valence-electron chi connectivity index (χ1n) is 7.48. The average Bonchev–Trinajstić information content (AvgIpc) is 2.97. The van der Waals surface area contributed by atoms with Crippen molar-refractivity contribution in [2.45, 2.75) is 13.3 Å². The molecule has 0 saturated heterocycles. The maximum absolute atomic E-state index is 12.5. The number of nitrogens with one attached hydrogen (secondary N) is 2. The highest BCUT2D eigenvalue weighted by molar-refractivity contribution is 6.00. The highest BCUT2D eigenvalue weighted by Gasteiger charge is 2.21. The monoisotopic (exact) mass is 324 g/mol. The average molecular weight is 324 g/mol. The van der Waals surface area contributed by atoms with Gasteiger partial charge in [-0.3, -0.25) is 9.59 Å². The fourth-order valence-electron chi connectivity index (χ4n) is 2.37. The minimum atomic E-state index is -0.266. The number of rotatable bonds is 5. The Balaban J connectivity index is 1.72. The zero-order valence-electron chi connectivity index (χ0n) is 13.1. The summed E-state index contributed by atoms with van der Waals surface area (Å²) < 4.78 is 5.18. The van der Waals surface area contributed by atoms with E-state index in [-0.39, 0.29) is 11.5 Å². The van der Waals surface area contributed by atoms with Crippen LogP contribution in [0, 0.1) is 6.92 Å². The molecule has 2 heterocycles. The Kier molecular flexibility index (Phi) is 4.51. The van der Waals surface area contributed by atoms with Crippen LogP contribution >= 0.6 is 0 Å². The third-order valence-electron chi connectivity index (χ3n) is 3.54. The predicted molar refractivity (Wildman–Crippen MR) is 87.6 cm³/mol. The van der Waals surface area contributed by atoms with Gasteiger partial charge in [0.15, 0.2) is 0 Å². The molecule has 7 nitrogen and oxygen atoms in total. The van der Waals surface area contributed by atoms with Crippen LogP contribution in [-0.2, 0) is 6.42 Å². The van der Waals surface area contributed by atoms with Crippen LogP contribution in [0.5, 0.6) is 0 Å². The lowest BCUT2D eigenvalue weighted by Gasteiger charge is -2.05. The molecule has 0 bridgehead atoms. The van der Waals surface area contributed by atoms with Gasteiger partial charge in [0, 0.05) is 30.3 Å². The zero-order valence-corrected chi connectivity index (χ0v) is 13.1. The Morgan fingerprint density at radius 1 is 1.29 bits per heavy atom. The Hall–Kier alpha value is -3.22. The summed E-state index contributed by atoms with van der Waals surface area (Å²) in [6.07, 6.45) is 1.80. The van der Waals surface area contributed by atoms with E-state index >= 15 is 0 Å². The molecule has 0 aliphatic heterocycles. The number of carbonyl (C=O) groups is 1. The van der Waals surface area contributed by atoms with Gasteiger partial charge in [-0.1, -0.05) is 35.5 Å². The van der Waals surface area contributed by atoms with Crippen molar-refractivity contribution in [3.8, 4) is 11.3 Å². The topological polar surface area (TPSA) is 101 Å². The fourth-order valence-corrected chi connectivity index (χ4v) is 2.37. The quantitative estimate of drug-likeness (QED) is 0.744. The first kappa shape index (κ1) is 15.7. The fraction of sp³-hybridized carbons (Fsp3) is 0.176. The van der Waals surface area contributed by atoms with Gasteiger partial charge in [0.2, 0.25) is 0 Å². The summed E-state index contributed by atoms with van der Waals surface area (Å²) in [5, 5.41) is 6.80. The summed E-state index contributed by atoms with van der Waals surface area (Å²) in [4.78, 5) is 30.2. The van der Waals surface area contributed by atoms with Gasteiger partial charge in [0.1, 0.15) is 17.0 Å². The van der Waals surface area contributed by atoms with Crippen molar-refractivity contribution in [3.63, 3.8) is 0 Å². The standard InChI is InChI=1S/C17H16N4O3/c1-11-15(16(21-24-11)12-5-3-2-4-6-12)17(23)18-8-7-13-9-14(22)20-10-19-13/h2-6,9-10H,7-8H2,1H3,(H,18,23)(H,19,20,22). The van der Waals surface area contributed by atoms with Crippen LogP contribution in [-0.4, -0.2) is 27.6 Å². The van der Waals surface area contributed by atoms with E-state index < -0.39 is 0 Å². The molecule has 0 fully saturated rings. The maximum Gasteiger partial charge on any atom is 0.257 e. The van der Waals surface area contributed by atoms with Crippen molar-refractivity contribution in [3.05, 3.63) is 70.1 Å². The molecule has 3 aromatic rings. The number of amides is 1. The number of H-pyrrole nitrogens is 1. The van der Waals surface area contributed by atoms with Gasteiger partial charge in [-0.05, 0) is 6.92 Å². The molecule has 2 N–H and O–H groups in total. The number of aromatic nitrogens is 3. The van der Waals surface area contributed by atoms with Gasteiger partial charge >= 0.3 is 0 Å². The molecule has 0 aliphatic rings. The molecule has 2 aromatic heterocycles. The van der Waals surface area contributed by atoms with E-state index in [2.05, 4.69) is 20.4 Å². The summed E-state index contributed by atoms with van der Waals surface area (Å²) in [6.45, 7) is 2.06. The molecule has 1 aromatic carbocycles. The summed E-state index contributed by atoms with van der Waals surface area (Å²) in [5.41, 5.74) is 2.15. The van der Waals surface area contributed by atoms with Crippen LogP contribution in [0.25, 0.3) is 11.3 Å². The van der Waals surface area contributed by atoms with E-state index in [0.29, 0.717) is 35.7 Å². The van der Waals surface area contributed by atoms with Crippen LogP contribution in [0.1, 0.15) is 21.8 Å². The molecule has 0 radical (unpaired) electrons. The van der Waals surface area contributed by atoms with E-state index in [4.69, 9.17) is 4.52 Å². The second-order valence-corrected chi connectivity index (χ2v) is 5.24. The molecule has 0 spiro atoms. The normalized spacial score (nSPS) is 10.5. The first-order valence-corrected chi connectivity index (χ1v) is 7.48. The van der Waals surface area contributed by atoms with Gasteiger partial charge < -0.3 is 14.8 Å². The number of carbonyl (C=O) groups excluding carboxylic acids is 1. The van der Waals surface area contributed by atoms with Crippen LogP contribution in [0.4, 0.5) is 0 Å². The lowest BCUT2D eigenvalue weighted by atomic mass is 10.1. The van der Waals surface area contributed by atoms with Crippen molar-refractivity contribution in [2.24, 2.45) is 0 Å². The Labute approximate surface area is 137 Å². The zero-order chi connectivity index (χ0) is 16.9. The minimum absolute atomic E-state index is 0.215. The van der Waals surface area contributed by atoms with Crippen molar-refractivity contribution in [1.29, 1.82) is 0 Å². The summed E-state index contributed by atoms with van der Waals surface area (Å²) in [7, 11) is 0. The maximum atomic E-state index is 12.5. The molecule has 7 heteroatoms. The molecule has 24 heavy (non-hydrogen) atoms. The van der Waals surface area contributed by atoms with E-state index in [0.717, 1.165) is 5.56 Å². The molecule has 0 saturated carbocycles. The lowest BCUT2D eigenvalue weighted by molar-refractivity contribution is 0.0953. The largest absolute Gasteiger partial charge is 0.360 e. The summed E-state index contributed by atoms with van der Waals surface area (Å²) in [6, 6.07) is 10.8. The van der Waals surface area contributed by atoms with E-state index in [1.54, 1.807) is 6.92 Å². The van der Waals surface area contributed by atoms with Crippen molar-refractivity contribution >= 4 is 5.91 Å². The molecule has 122 valence electrons. The minimum Gasteiger partial charge on any atom is -0.360 e. The van der Waals surface area contributed by atoms with E-state index in [1.807, 2.05) is 30.3 Å². The number of hydrogen-bond acceptors (Lipinski definition) is 5. The van der Waals surface area contributed by atoms with Crippen LogP contribution < -0.4 is 10.9 Å². The number of benzene rings is 1. The first-order chi connectivity index (χ1) is 11.6. The highest BCUT2D eigenvalue weighted by Crippen LogP contribution is 2.24. The van der Waals surface area contributed by atoms with Crippen LogP contribution in [0.15, 0.2) is 52.0 Å². The van der Waals surface area contributed by atoms with E-state index in [9.17, 15) is 9.59 Å². The van der Waals surface area contributed by atoms with Gasteiger partial charge in [-0.2, -0.15) is 0 Å². The number of nitrogens with zero attached hydrogens (tertiary/aromatic N) is 2. The van der Waals surface area contributed by atoms with Gasteiger partial charge in [0.25, 0.3) is 11.5 Å². The van der Waals surface area contributed by atoms with Gasteiger partial charge in [-0.25, -0.2) is 4.98 Å². The third-order valence-corrected chi connectivity index (χ3v) is 3.54. The molecule has 1 amide bonds. The Bertz CT molecular complexity index is 899. The number of aromatic amines is 1. The Morgan fingerprint density at radius 2 is 2.08 bits per heavy atom. The molecular weight excluding hydrogens is 308 g/mol. The molecule has 3 rings (SSSR count). The lowest BCUT2D eigenvalue weighted by Crippen LogP contribution is -2.27. The van der Waals surface area contributed by atoms with Crippen molar-refractivity contribution in [1.82, 2.24) is 20.4 Å². The van der Waals surface area contributed by atoms with Crippen LogP contribution in [0.3, 0.4) is 0 Å². The SMILES string of the molecule is Cc1onc(-c2ccccc2)c1C(=O)NCCc1cc(=O)[nH]cn1.